The van der Waals surface area contributed by atoms with Gasteiger partial charge in [0.2, 0.25) is 0 Å². The van der Waals surface area contributed by atoms with Crippen molar-refractivity contribution in [3.05, 3.63) is 0 Å². The molecule has 0 aliphatic heterocycles. The number of hydrogen-bond donors (Lipinski definition) is 0. The number of hydrogen-bond acceptors (Lipinski definition) is 1. The first-order chi connectivity index (χ1) is 3.41. The van der Waals surface area contributed by atoms with Crippen molar-refractivity contribution in [2.75, 3.05) is 11.5 Å². The molecule has 0 aromatic heterocycles. The fourth-order valence-corrected chi connectivity index (χ4v) is 0.738. The van der Waals surface area contributed by atoms with Crippen LogP contribution in [0.1, 0.15) is 12.8 Å². The molecule has 0 rings (SSSR count). The monoisotopic (exact) mass is 211 g/mol. The Morgan fingerprint density at radius 1 is 1.71 bits per heavy atom. The lowest BCUT2D eigenvalue weighted by Crippen LogP contribution is -1.75. The van der Waals surface area contributed by atoms with E-state index in [1.807, 2.05) is 13.3 Å². The SMILES string of the molecule is C/N=C\CCCI. The Kier molecular flexibility index (Phi) is 6.77. The van der Waals surface area contributed by atoms with Gasteiger partial charge >= 0.3 is 0 Å². The van der Waals surface area contributed by atoms with Gasteiger partial charge in [-0.3, -0.25) is 0 Å². The molecule has 0 atom stereocenters. The lowest BCUT2D eigenvalue weighted by atomic mass is 10.4. The highest BCUT2D eigenvalue weighted by atomic mass is 127. The molecule has 0 amide bonds. The molecule has 0 aromatic carbocycles. The normalized spacial score (nSPS) is 10.6. The highest BCUT2D eigenvalue weighted by molar-refractivity contribution is 14.1. The average Bonchev–Trinajstić information content (AvgIpc) is 1.69. The fourth-order valence-electron chi connectivity index (χ4n) is 0.298. The van der Waals surface area contributed by atoms with Crippen molar-refractivity contribution in [2.24, 2.45) is 4.99 Å². The molecule has 1 nitrogen and oxygen atoms in total. The molecule has 42 valence electrons. The molecule has 0 N–H and O–H groups in total. The van der Waals surface area contributed by atoms with Crippen LogP contribution in [0.5, 0.6) is 0 Å². The van der Waals surface area contributed by atoms with Gasteiger partial charge in [0, 0.05) is 7.05 Å². The van der Waals surface area contributed by atoms with E-state index in [0.717, 1.165) is 6.42 Å². The van der Waals surface area contributed by atoms with Crippen LogP contribution in [0, 0.1) is 0 Å². The summed E-state index contributed by atoms with van der Waals surface area (Å²) in [6.45, 7) is 0. The second kappa shape index (κ2) is 6.40. The van der Waals surface area contributed by atoms with Crippen molar-refractivity contribution >= 4 is 28.8 Å². The maximum absolute atomic E-state index is 3.84. The summed E-state index contributed by atoms with van der Waals surface area (Å²) < 4.78 is 1.24. The number of unbranched alkanes of at least 4 members (excludes halogenated alkanes) is 1. The van der Waals surface area contributed by atoms with Gasteiger partial charge < -0.3 is 4.99 Å². The Morgan fingerprint density at radius 2 is 2.43 bits per heavy atom. The number of alkyl halides is 1. The Balaban J connectivity index is 2.69. The van der Waals surface area contributed by atoms with E-state index < -0.39 is 0 Å². The van der Waals surface area contributed by atoms with Crippen molar-refractivity contribution in [3.63, 3.8) is 0 Å². The van der Waals surface area contributed by atoms with Gasteiger partial charge in [0.05, 0.1) is 0 Å². The topological polar surface area (TPSA) is 12.4 Å². The predicted molar refractivity (Wildman–Crippen MR) is 42.5 cm³/mol. The number of aliphatic imine (C=N–C) groups is 1. The molecule has 0 spiro atoms. The summed E-state index contributed by atoms with van der Waals surface area (Å²) in [6, 6.07) is 0. The Hall–Kier alpha value is 0.400. The van der Waals surface area contributed by atoms with Crippen molar-refractivity contribution in [1.29, 1.82) is 0 Å². The first kappa shape index (κ1) is 7.40. The van der Waals surface area contributed by atoms with Crippen LogP contribution in [-0.4, -0.2) is 17.7 Å². The van der Waals surface area contributed by atoms with Crippen molar-refractivity contribution in [1.82, 2.24) is 0 Å². The van der Waals surface area contributed by atoms with Gasteiger partial charge in [-0.15, -0.1) is 0 Å². The van der Waals surface area contributed by atoms with Gasteiger partial charge in [-0.25, -0.2) is 0 Å². The van der Waals surface area contributed by atoms with Gasteiger partial charge in [0.1, 0.15) is 0 Å². The molecule has 0 aliphatic rings. The van der Waals surface area contributed by atoms with E-state index in [9.17, 15) is 0 Å². The lowest BCUT2D eigenvalue weighted by Gasteiger charge is -1.82. The summed E-state index contributed by atoms with van der Waals surface area (Å²) in [4.78, 5) is 3.84. The minimum Gasteiger partial charge on any atom is -0.301 e. The number of nitrogens with zero attached hydrogens (tertiary/aromatic N) is 1. The minimum absolute atomic E-state index is 1.14. The maximum atomic E-state index is 3.84. The third-order valence-electron chi connectivity index (χ3n) is 0.649. The van der Waals surface area contributed by atoms with E-state index in [4.69, 9.17) is 0 Å². The number of halogens is 1. The van der Waals surface area contributed by atoms with Gasteiger partial charge in [-0.1, -0.05) is 22.6 Å². The van der Waals surface area contributed by atoms with Crippen LogP contribution < -0.4 is 0 Å². The zero-order valence-corrected chi connectivity index (χ0v) is 6.68. The first-order valence-electron chi connectivity index (χ1n) is 2.38. The smallest absolute Gasteiger partial charge is 0.0273 e. The molecule has 0 radical (unpaired) electrons. The molecule has 0 heterocycles. The highest BCUT2D eigenvalue weighted by Gasteiger charge is 1.75. The van der Waals surface area contributed by atoms with E-state index in [2.05, 4.69) is 27.6 Å². The molecular weight excluding hydrogens is 201 g/mol. The van der Waals surface area contributed by atoms with E-state index in [-0.39, 0.29) is 0 Å². The maximum Gasteiger partial charge on any atom is 0.0273 e. The van der Waals surface area contributed by atoms with Crippen LogP contribution in [0.2, 0.25) is 0 Å². The summed E-state index contributed by atoms with van der Waals surface area (Å²) in [7, 11) is 1.81. The molecule has 2 heteroatoms. The minimum atomic E-state index is 1.14. The average molecular weight is 211 g/mol. The second-order valence-electron chi connectivity index (χ2n) is 1.27. The molecule has 0 saturated heterocycles. The van der Waals surface area contributed by atoms with Gasteiger partial charge in [-0.2, -0.15) is 0 Å². The third-order valence-corrected chi connectivity index (χ3v) is 1.41. The van der Waals surface area contributed by atoms with E-state index in [1.54, 1.807) is 0 Å². The van der Waals surface area contributed by atoms with Crippen LogP contribution in [0.3, 0.4) is 0 Å². The van der Waals surface area contributed by atoms with Crippen molar-refractivity contribution < 1.29 is 0 Å². The van der Waals surface area contributed by atoms with E-state index in [1.165, 1.54) is 10.8 Å². The zero-order valence-electron chi connectivity index (χ0n) is 4.52. The summed E-state index contributed by atoms with van der Waals surface area (Å²) in [5, 5.41) is 0. The summed E-state index contributed by atoms with van der Waals surface area (Å²) in [5.41, 5.74) is 0. The van der Waals surface area contributed by atoms with Crippen LogP contribution in [0.4, 0.5) is 0 Å². The summed E-state index contributed by atoms with van der Waals surface area (Å²) in [5.74, 6) is 0. The molecule has 0 bridgehead atoms. The molecule has 0 saturated carbocycles. The van der Waals surface area contributed by atoms with Gasteiger partial charge in [-0.05, 0) is 23.5 Å². The van der Waals surface area contributed by atoms with Crippen LogP contribution in [-0.2, 0) is 0 Å². The van der Waals surface area contributed by atoms with Crippen molar-refractivity contribution in [2.45, 2.75) is 12.8 Å². The van der Waals surface area contributed by atoms with Crippen molar-refractivity contribution in [3.8, 4) is 0 Å². The second-order valence-corrected chi connectivity index (χ2v) is 2.35. The first-order valence-corrected chi connectivity index (χ1v) is 3.91. The Bertz CT molecular complexity index is 52.0. The molecule has 0 unspecified atom stereocenters. The molecular formula is C5H10IN. The molecule has 7 heavy (non-hydrogen) atoms. The van der Waals surface area contributed by atoms with Gasteiger partial charge in [0.25, 0.3) is 0 Å². The summed E-state index contributed by atoms with van der Waals surface area (Å²) in [6.07, 6.45) is 4.36. The fraction of sp³-hybridized carbons (Fsp3) is 0.800. The quantitative estimate of drug-likeness (QED) is 0.292. The highest BCUT2D eigenvalue weighted by Crippen LogP contribution is 1.90. The van der Waals surface area contributed by atoms with Gasteiger partial charge in [0.15, 0.2) is 0 Å². The van der Waals surface area contributed by atoms with Crippen LogP contribution >= 0.6 is 22.6 Å². The van der Waals surface area contributed by atoms with E-state index in [0.29, 0.717) is 0 Å². The number of rotatable bonds is 3. The van der Waals surface area contributed by atoms with Crippen LogP contribution in [0.25, 0.3) is 0 Å². The summed E-state index contributed by atoms with van der Waals surface area (Å²) >= 11 is 2.37. The van der Waals surface area contributed by atoms with Crippen LogP contribution in [0.15, 0.2) is 4.99 Å². The predicted octanol–water partition coefficient (Wildman–Crippen LogP) is 1.90. The Labute approximate surface area is 58.4 Å². The molecule has 0 aromatic rings. The lowest BCUT2D eigenvalue weighted by molar-refractivity contribution is 1.04. The molecule has 0 aliphatic carbocycles. The third kappa shape index (κ3) is 6.40. The molecule has 0 fully saturated rings. The van der Waals surface area contributed by atoms with E-state index >= 15 is 0 Å². The standard InChI is InChI=1S/C5H10IN/c1-7-5-3-2-4-6/h5H,2-4H2,1H3/b7-5-. The zero-order chi connectivity index (χ0) is 5.54. The largest absolute Gasteiger partial charge is 0.301 e. The Morgan fingerprint density at radius 3 is 2.86 bits per heavy atom.